The van der Waals surface area contributed by atoms with Crippen LogP contribution in [0.3, 0.4) is 0 Å². The molecule has 0 aromatic carbocycles. The first-order valence-corrected chi connectivity index (χ1v) is 7.07. The van der Waals surface area contributed by atoms with Gasteiger partial charge in [-0.3, -0.25) is 0 Å². The van der Waals surface area contributed by atoms with Gasteiger partial charge in [-0.25, -0.2) is 0 Å². The molecule has 0 aliphatic heterocycles. The Kier molecular flexibility index (Phi) is 4.20. The average molecular weight is 290 g/mol. The molecule has 0 bridgehead atoms. The fourth-order valence-corrected chi connectivity index (χ4v) is 3.43. The van der Waals surface area contributed by atoms with E-state index in [-0.39, 0.29) is 6.10 Å². The second-order valence-corrected chi connectivity index (χ2v) is 5.98. The summed E-state index contributed by atoms with van der Waals surface area (Å²) in [7, 11) is 0. The van der Waals surface area contributed by atoms with Gasteiger partial charge in [0.15, 0.2) is 0 Å². The number of halogens is 1. The maximum absolute atomic E-state index is 9.78. The van der Waals surface area contributed by atoms with E-state index >= 15 is 0 Å². The molecule has 0 radical (unpaired) electrons. The third-order valence-corrected chi connectivity index (χ3v) is 4.59. The summed E-state index contributed by atoms with van der Waals surface area (Å²) in [4.78, 5) is 1.32. The molecule has 1 aromatic rings. The van der Waals surface area contributed by atoms with Gasteiger partial charge in [-0.15, -0.1) is 11.3 Å². The molecule has 2 rings (SSSR count). The van der Waals surface area contributed by atoms with E-state index < -0.39 is 0 Å². The first-order valence-electron chi connectivity index (χ1n) is 5.40. The van der Waals surface area contributed by atoms with E-state index in [0.717, 1.165) is 23.9 Å². The molecule has 0 amide bonds. The van der Waals surface area contributed by atoms with Crippen molar-refractivity contribution >= 4 is 27.3 Å². The van der Waals surface area contributed by atoms with E-state index in [1.807, 2.05) is 0 Å². The highest BCUT2D eigenvalue weighted by Gasteiger charge is 2.22. The van der Waals surface area contributed by atoms with Gasteiger partial charge in [-0.05, 0) is 34.8 Å². The molecule has 1 saturated carbocycles. The van der Waals surface area contributed by atoms with E-state index in [9.17, 15) is 5.11 Å². The maximum atomic E-state index is 9.78. The number of rotatable bonds is 3. The van der Waals surface area contributed by atoms with Crippen molar-refractivity contribution in [2.24, 2.45) is 0 Å². The number of nitrogens with one attached hydrogen (secondary N) is 1. The van der Waals surface area contributed by atoms with Crippen LogP contribution in [0.5, 0.6) is 0 Å². The van der Waals surface area contributed by atoms with Gasteiger partial charge in [0.05, 0.1) is 6.10 Å². The third-order valence-electron chi connectivity index (χ3n) is 2.89. The van der Waals surface area contributed by atoms with Gasteiger partial charge in [0.25, 0.3) is 0 Å². The molecule has 0 spiro atoms. The van der Waals surface area contributed by atoms with Gasteiger partial charge < -0.3 is 10.4 Å². The predicted molar refractivity (Wildman–Crippen MR) is 67.1 cm³/mol. The average Bonchev–Trinajstić information content (AvgIpc) is 2.63. The Labute approximate surface area is 103 Å². The van der Waals surface area contributed by atoms with Crippen molar-refractivity contribution in [3.63, 3.8) is 0 Å². The second kappa shape index (κ2) is 5.43. The lowest BCUT2D eigenvalue weighted by Crippen LogP contribution is -2.41. The van der Waals surface area contributed by atoms with Crippen molar-refractivity contribution in [3.8, 4) is 0 Å². The third kappa shape index (κ3) is 3.28. The molecule has 2 N–H and O–H groups in total. The molecule has 15 heavy (non-hydrogen) atoms. The normalized spacial score (nSPS) is 26.8. The van der Waals surface area contributed by atoms with Crippen LogP contribution in [0.2, 0.25) is 0 Å². The molecule has 0 unspecified atom stereocenters. The van der Waals surface area contributed by atoms with E-state index in [1.165, 1.54) is 17.7 Å². The van der Waals surface area contributed by atoms with Gasteiger partial charge >= 0.3 is 0 Å². The summed E-state index contributed by atoms with van der Waals surface area (Å²) < 4.78 is 1.15. The van der Waals surface area contributed by atoms with Crippen molar-refractivity contribution in [3.05, 3.63) is 20.8 Å². The minimum Gasteiger partial charge on any atom is -0.392 e. The summed E-state index contributed by atoms with van der Waals surface area (Å²) in [5.74, 6) is 0. The number of hydrogen-bond acceptors (Lipinski definition) is 3. The molecular weight excluding hydrogens is 274 g/mol. The molecule has 1 heterocycles. The monoisotopic (exact) mass is 289 g/mol. The van der Waals surface area contributed by atoms with Gasteiger partial charge in [0, 0.05) is 27.3 Å². The van der Waals surface area contributed by atoms with Crippen LogP contribution in [0.15, 0.2) is 15.9 Å². The van der Waals surface area contributed by atoms with Crippen LogP contribution in [-0.4, -0.2) is 17.3 Å². The lowest BCUT2D eigenvalue weighted by molar-refractivity contribution is 0.0904. The fraction of sp³-hybridized carbons (Fsp3) is 0.636. The molecule has 4 heteroatoms. The summed E-state index contributed by atoms with van der Waals surface area (Å²) in [6.07, 6.45) is 4.31. The minimum atomic E-state index is -0.151. The van der Waals surface area contributed by atoms with Crippen molar-refractivity contribution in [2.75, 3.05) is 0 Å². The zero-order valence-electron chi connectivity index (χ0n) is 8.58. The van der Waals surface area contributed by atoms with Crippen molar-refractivity contribution in [1.29, 1.82) is 0 Å². The van der Waals surface area contributed by atoms with Crippen LogP contribution >= 0.6 is 27.3 Å². The molecule has 1 fully saturated rings. The van der Waals surface area contributed by atoms with Crippen LogP contribution in [0.4, 0.5) is 0 Å². The summed E-state index contributed by atoms with van der Waals surface area (Å²) in [6, 6.07) is 2.42. The Morgan fingerprint density at radius 1 is 1.47 bits per heavy atom. The topological polar surface area (TPSA) is 32.3 Å². The SMILES string of the molecule is O[C@@H]1CCCC[C@H]1NCc1cc(Br)cs1. The highest BCUT2D eigenvalue weighted by atomic mass is 79.9. The van der Waals surface area contributed by atoms with Gasteiger partial charge in [-0.1, -0.05) is 12.8 Å². The van der Waals surface area contributed by atoms with Crippen LogP contribution in [-0.2, 0) is 6.54 Å². The first-order chi connectivity index (χ1) is 7.25. The fourth-order valence-electron chi connectivity index (χ4n) is 2.03. The molecule has 1 aromatic heterocycles. The van der Waals surface area contributed by atoms with Crippen molar-refractivity contribution < 1.29 is 5.11 Å². The number of aliphatic hydroxyl groups is 1. The standard InChI is InChI=1S/C11H16BrNOS/c12-8-5-9(15-7-8)6-13-10-3-1-2-4-11(10)14/h5,7,10-11,13-14H,1-4,6H2/t10-,11-/m1/s1. The summed E-state index contributed by atoms with van der Waals surface area (Å²) in [6.45, 7) is 0.873. The van der Waals surface area contributed by atoms with Crippen molar-refractivity contribution in [2.45, 2.75) is 44.4 Å². The Hall–Kier alpha value is 0.1000. The quantitative estimate of drug-likeness (QED) is 0.897. The zero-order chi connectivity index (χ0) is 10.7. The lowest BCUT2D eigenvalue weighted by Gasteiger charge is -2.28. The predicted octanol–water partition coefficient (Wildman–Crippen LogP) is 2.90. The smallest absolute Gasteiger partial charge is 0.0693 e. The zero-order valence-corrected chi connectivity index (χ0v) is 11.0. The summed E-state index contributed by atoms with van der Waals surface area (Å²) >= 11 is 5.19. The molecule has 1 aliphatic rings. The Bertz CT molecular complexity index is 315. The summed E-state index contributed by atoms with van der Waals surface area (Å²) in [5, 5.41) is 15.3. The number of hydrogen-bond donors (Lipinski definition) is 2. The molecule has 2 atom stereocenters. The van der Waals surface area contributed by atoms with Crippen LogP contribution in [0.1, 0.15) is 30.6 Å². The van der Waals surface area contributed by atoms with Gasteiger partial charge in [0.2, 0.25) is 0 Å². The molecule has 2 nitrogen and oxygen atoms in total. The van der Waals surface area contributed by atoms with E-state index in [1.54, 1.807) is 11.3 Å². The second-order valence-electron chi connectivity index (χ2n) is 4.07. The van der Waals surface area contributed by atoms with Crippen LogP contribution in [0.25, 0.3) is 0 Å². The highest BCUT2D eigenvalue weighted by Crippen LogP contribution is 2.22. The first kappa shape index (κ1) is 11.6. The van der Waals surface area contributed by atoms with E-state index in [2.05, 4.69) is 32.7 Å². The number of thiophene rings is 1. The Morgan fingerprint density at radius 3 is 2.93 bits per heavy atom. The molecule has 84 valence electrons. The van der Waals surface area contributed by atoms with Gasteiger partial charge in [-0.2, -0.15) is 0 Å². The van der Waals surface area contributed by atoms with Crippen LogP contribution in [0, 0.1) is 0 Å². The molecule has 1 aliphatic carbocycles. The van der Waals surface area contributed by atoms with E-state index in [0.29, 0.717) is 6.04 Å². The lowest BCUT2D eigenvalue weighted by atomic mass is 9.92. The van der Waals surface area contributed by atoms with E-state index in [4.69, 9.17) is 0 Å². The Balaban J connectivity index is 1.81. The minimum absolute atomic E-state index is 0.151. The highest BCUT2D eigenvalue weighted by molar-refractivity contribution is 9.10. The maximum Gasteiger partial charge on any atom is 0.0693 e. The molecule has 0 saturated heterocycles. The van der Waals surface area contributed by atoms with Gasteiger partial charge in [0.1, 0.15) is 0 Å². The van der Waals surface area contributed by atoms with Crippen molar-refractivity contribution in [1.82, 2.24) is 5.32 Å². The van der Waals surface area contributed by atoms with Crippen LogP contribution < -0.4 is 5.32 Å². The number of aliphatic hydroxyl groups excluding tert-OH is 1. The largest absolute Gasteiger partial charge is 0.392 e. The Morgan fingerprint density at radius 2 is 2.27 bits per heavy atom. The summed E-state index contributed by atoms with van der Waals surface area (Å²) in [5.41, 5.74) is 0. The molecular formula is C11H16BrNOS.